The molecular weight excluding hydrogens is 304 g/mol. The molecule has 0 spiro atoms. The van der Waals surface area contributed by atoms with Gasteiger partial charge in [0.15, 0.2) is 0 Å². The first-order valence-electron chi connectivity index (χ1n) is 9.53. The minimum Gasteiger partial charge on any atom is -0.335 e. The Labute approximate surface area is 146 Å². The van der Waals surface area contributed by atoms with Gasteiger partial charge >= 0.3 is 6.03 Å². The van der Waals surface area contributed by atoms with E-state index in [1.54, 1.807) is 0 Å². The number of amides is 3. The highest BCUT2D eigenvalue weighted by Gasteiger charge is 2.29. The zero-order valence-corrected chi connectivity index (χ0v) is 15.5. The fourth-order valence-corrected chi connectivity index (χ4v) is 3.31. The zero-order chi connectivity index (χ0) is 17.5. The molecule has 0 aromatic rings. The number of carbonyl (C=O) groups is 2. The van der Waals surface area contributed by atoms with Gasteiger partial charge in [-0.25, -0.2) is 4.79 Å². The minimum atomic E-state index is -0.346. The van der Waals surface area contributed by atoms with Crippen molar-refractivity contribution in [2.75, 3.05) is 33.2 Å². The van der Waals surface area contributed by atoms with Gasteiger partial charge < -0.3 is 10.2 Å². The predicted octanol–water partition coefficient (Wildman–Crippen LogP) is 1.81. The third-order valence-corrected chi connectivity index (χ3v) is 5.19. The summed E-state index contributed by atoms with van der Waals surface area (Å²) >= 11 is 0. The summed E-state index contributed by atoms with van der Waals surface area (Å²) in [7, 11) is 2.20. The highest BCUT2D eigenvalue weighted by atomic mass is 16.2. The highest BCUT2D eigenvalue weighted by molar-refractivity contribution is 5.96. The molecule has 1 heterocycles. The highest BCUT2D eigenvalue weighted by Crippen LogP contribution is 2.20. The summed E-state index contributed by atoms with van der Waals surface area (Å²) in [6.45, 7) is 8.32. The molecule has 0 bridgehead atoms. The predicted molar refractivity (Wildman–Crippen MR) is 95.9 cm³/mol. The summed E-state index contributed by atoms with van der Waals surface area (Å²) < 4.78 is 0. The van der Waals surface area contributed by atoms with Crippen LogP contribution in [0.15, 0.2) is 0 Å². The van der Waals surface area contributed by atoms with E-state index in [1.807, 2.05) is 6.92 Å². The van der Waals surface area contributed by atoms with Gasteiger partial charge in [-0.3, -0.25) is 15.0 Å². The summed E-state index contributed by atoms with van der Waals surface area (Å²) in [5, 5.41) is 5.27. The van der Waals surface area contributed by atoms with E-state index in [0.29, 0.717) is 0 Å². The summed E-state index contributed by atoms with van der Waals surface area (Å²) in [6.07, 6.45) is 6.80. The Balaban J connectivity index is 1.66. The number of nitrogens with zero attached hydrogens (tertiary/aromatic N) is 2. The summed E-state index contributed by atoms with van der Waals surface area (Å²) in [4.78, 5) is 28.5. The van der Waals surface area contributed by atoms with Gasteiger partial charge in [-0.15, -0.1) is 0 Å². The number of hydrogen-bond acceptors (Lipinski definition) is 4. The Morgan fingerprint density at radius 1 is 1.21 bits per heavy atom. The van der Waals surface area contributed by atoms with Crippen LogP contribution in [0.25, 0.3) is 0 Å². The molecule has 1 aliphatic heterocycles. The molecule has 2 aliphatic rings. The van der Waals surface area contributed by atoms with Gasteiger partial charge in [0.05, 0.1) is 6.04 Å². The number of piperidine rings is 1. The van der Waals surface area contributed by atoms with E-state index in [2.05, 4.69) is 34.4 Å². The normalized spacial score (nSPS) is 20.8. The molecule has 0 unspecified atom stereocenters. The standard InChI is InChI=1S/C18H34N4O2/c1-4-5-10-21(3)13-15-8-11-22(12-9-15)14(2)17(23)20-18(24)19-16-6-7-16/h14-16H,4-13H2,1-3H3,(H2,19,20,23,24)/t14-/m1/s1. The molecule has 1 saturated carbocycles. The number of carbonyl (C=O) groups excluding carboxylic acids is 2. The van der Waals surface area contributed by atoms with Gasteiger partial charge in [-0.1, -0.05) is 13.3 Å². The van der Waals surface area contributed by atoms with Crippen molar-refractivity contribution in [2.24, 2.45) is 5.92 Å². The first-order valence-corrected chi connectivity index (χ1v) is 9.53. The first kappa shape index (κ1) is 19.2. The quantitative estimate of drug-likeness (QED) is 0.708. The average molecular weight is 338 g/mol. The van der Waals surface area contributed by atoms with Crippen molar-refractivity contribution in [3.05, 3.63) is 0 Å². The van der Waals surface area contributed by atoms with Gasteiger partial charge in [0, 0.05) is 12.6 Å². The fourth-order valence-electron chi connectivity index (χ4n) is 3.31. The lowest BCUT2D eigenvalue weighted by Gasteiger charge is -2.36. The molecule has 2 fully saturated rings. The molecule has 24 heavy (non-hydrogen) atoms. The van der Waals surface area contributed by atoms with E-state index in [9.17, 15) is 9.59 Å². The summed E-state index contributed by atoms with van der Waals surface area (Å²) in [5.74, 6) is 0.531. The number of likely N-dealkylation sites (tertiary alicyclic amines) is 1. The van der Waals surface area contributed by atoms with E-state index in [0.717, 1.165) is 51.2 Å². The van der Waals surface area contributed by atoms with Crippen LogP contribution >= 0.6 is 0 Å². The smallest absolute Gasteiger partial charge is 0.321 e. The number of nitrogens with one attached hydrogen (secondary N) is 2. The van der Waals surface area contributed by atoms with E-state index >= 15 is 0 Å². The lowest BCUT2D eigenvalue weighted by molar-refractivity contribution is -0.125. The average Bonchev–Trinajstić information content (AvgIpc) is 3.36. The van der Waals surface area contributed by atoms with Gasteiger partial charge in [0.25, 0.3) is 0 Å². The van der Waals surface area contributed by atoms with Crippen molar-refractivity contribution < 1.29 is 9.59 Å². The summed E-state index contributed by atoms with van der Waals surface area (Å²) in [6, 6.07) is -0.316. The van der Waals surface area contributed by atoms with Gasteiger partial charge in [-0.2, -0.15) is 0 Å². The van der Waals surface area contributed by atoms with Crippen LogP contribution in [0.2, 0.25) is 0 Å². The SMILES string of the molecule is CCCCN(C)CC1CCN([C@H](C)C(=O)NC(=O)NC2CC2)CC1. The molecule has 0 aromatic carbocycles. The van der Waals surface area contributed by atoms with Gasteiger partial charge in [0.1, 0.15) is 0 Å². The van der Waals surface area contributed by atoms with Crippen molar-refractivity contribution in [3.8, 4) is 0 Å². The largest absolute Gasteiger partial charge is 0.335 e. The maximum atomic E-state index is 12.2. The van der Waals surface area contributed by atoms with Crippen LogP contribution in [-0.4, -0.2) is 67.0 Å². The molecular formula is C18H34N4O2. The molecule has 0 aromatic heterocycles. The monoisotopic (exact) mass is 338 g/mol. The van der Waals surface area contributed by atoms with Crippen LogP contribution < -0.4 is 10.6 Å². The molecule has 2 N–H and O–H groups in total. The van der Waals surface area contributed by atoms with Crippen molar-refractivity contribution in [3.63, 3.8) is 0 Å². The van der Waals surface area contributed by atoms with Crippen LogP contribution in [0.1, 0.15) is 52.4 Å². The van der Waals surface area contributed by atoms with Crippen LogP contribution in [0, 0.1) is 5.92 Å². The molecule has 3 amide bonds. The van der Waals surface area contributed by atoms with Crippen molar-refractivity contribution in [2.45, 2.75) is 64.5 Å². The number of urea groups is 1. The van der Waals surface area contributed by atoms with Gasteiger partial charge in [0.2, 0.25) is 5.91 Å². The molecule has 1 aliphatic carbocycles. The van der Waals surface area contributed by atoms with Crippen molar-refractivity contribution in [1.29, 1.82) is 0 Å². The molecule has 1 atom stereocenters. The molecule has 2 rings (SSSR count). The minimum absolute atomic E-state index is 0.188. The molecule has 6 heteroatoms. The first-order chi connectivity index (χ1) is 11.5. The van der Waals surface area contributed by atoms with E-state index in [-0.39, 0.29) is 24.0 Å². The third-order valence-electron chi connectivity index (χ3n) is 5.19. The summed E-state index contributed by atoms with van der Waals surface area (Å²) in [5.41, 5.74) is 0. The third kappa shape index (κ3) is 6.40. The zero-order valence-electron chi connectivity index (χ0n) is 15.5. The molecule has 0 radical (unpaired) electrons. The lowest BCUT2D eigenvalue weighted by atomic mass is 9.95. The molecule has 138 valence electrons. The molecule has 1 saturated heterocycles. The van der Waals surface area contributed by atoms with Crippen molar-refractivity contribution >= 4 is 11.9 Å². The maximum absolute atomic E-state index is 12.2. The molecule has 6 nitrogen and oxygen atoms in total. The van der Waals surface area contributed by atoms with E-state index < -0.39 is 0 Å². The van der Waals surface area contributed by atoms with Crippen molar-refractivity contribution in [1.82, 2.24) is 20.4 Å². The maximum Gasteiger partial charge on any atom is 0.321 e. The fraction of sp³-hybridized carbons (Fsp3) is 0.889. The Morgan fingerprint density at radius 2 is 1.88 bits per heavy atom. The van der Waals surface area contributed by atoms with Crippen LogP contribution in [-0.2, 0) is 4.79 Å². The second kappa shape index (κ2) is 9.37. The second-order valence-corrected chi connectivity index (χ2v) is 7.51. The number of imide groups is 1. The Kier molecular flexibility index (Phi) is 7.49. The Morgan fingerprint density at radius 3 is 2.46 bits per heavy atom. The Bertz CT molecular complexity index is 417. The number of unbranched alkanes of at least 4 members (excludes halogenated alkanes) is 1. The van der Waals surface area contributed by atoms with Crippen LogP contribution in [0.3, 0.4) is 0 Å². The van der Waals surface area contributed by atoms with Crippen LogP contribution in [0.5, 0.6) is 0 Å². The van der Waals surface area contributed by atoms with Crippen LogP contribution in [0.4, 0.5) is 4.79 Å². The van der Waals surface area contributed by atoms with Gasteiger partial charge in [-0.05, 0) is 71.6 Å². The lowest BCUT2D eigenvalue weighted by Crippen LogP contribution is -2.52. The van der Waals surface area contributed by atoms with E-state index in [1.165, 1.54) is 19.4 Å². The van der Waals surface area contributed by atoms with E-state index in [4.69, 9.17) is 0 Å². The second-order valence-electron chi connectivity index (χ2n) is 7.51. The number of rotatable bonds is 8. The number of hydrogen-bond donors (Lipinski definition) is 2. The topological polar surface area (TPSA) is 64.7 Å². The Hall–Kier alpha value is -1.14.